The van der Waals surface area contributed by atoms with Gasteiger partial charge in [-0.15, -0.1) is 11.3 Å². The van der Waals surface area contributed by atoms with E-state index < -0.39 is 0 Å². The molecule has 3 aromatic rings. The Morgan fingerprint density at radius 2 is 2.20 bits per heavy atom. The Bertz CT molecular complexity index is 610. The molecule has 0 unspecified atom stereocenters. The maximum atomic E-state index is 4.48. The highest BCUT2D eigenvalue weighted by atomic mass is 32.1. The first-order valence-electron chi connectivity index (χ1n) is 6.40. The minimum absolute atomic E-state index is 0.520. The molecule has 0 saturated carbocycles. The minimum Gasteiger partial charge on any atom is -0.354 e. The van der Waals surface area contributed by atoms with E-state index in [1.807, 2.05) is 29.8 Å². The van der Waals surface area contributed by atoms with Crippen molar-refractivity contribution in [1.82, 2.24) is 24.7 Å². The molecule has 3 aromatic heterocycles. The van der Waals surface area contributed by atoms with Gasteiger partial charge in [-0.3, -0.25) is 0 Å². The van der Waals surface area contributed by atoms with Crippen molar-refractivity contribution in [3.8, 4) is 16.6 Å². The quantitative estimate of drug-likeness (QED) is 0.781. The SMILES string of the molecule is CCCNc1nc(-c2cccs2)nc(-n2cccn2)n1. The van der Waals surface area contributed by atoms with Crippen LogP contribution in [0.4, 0.5) is 5.95 Å². The van der Waals surface area contributed by atoms with Gasteiger partial charge in [0.2, 0.25) is 5.95 Å². The third-order valence-corrected chi connectivity index (χ3v) is 3.47. The molecule has 0 aromatic carbocycles. The third kappa shape index (κ3) is 2.67. The Kier molecular flexibility index (Phi) is 3.69. The highest BCUT2D eigenvalue weighted by Gasteiger charge is 2.10. The van der Waals surface area contributed by atoms with Crippen LogP contribution in [0.3, 0.4) is 0 Å². The first kappa shape index (κ1) is 12.7. The summed E-state index contributed by atoms with van der Waals surface area (Å²) in [5, 5.41) is 9.38. The van der Waals surface area contributed by atoms with E-state index in [1.54, 1.807) is 22.2 Å². The maximum Gasteiger partial charge on any atom is 0.255 e. The monoisotopic (exact) mass is 286 g/mol. The smallest absolute Gasteiger partial charge is 0.255 e. The Morgan fingerprint density at radius 3 is 2.90 bits per heavy atom. The molecule has 0 bridgehead atoms. The molecule has 3 rings (SSSR count). The molecule has 0 atom stereocenters. The van der Waals surface area contributed by atoms with Gasteiger partial charge in [0.25, 0.3) is 5.95 Å². The fraction of sp³-hybridized carbons (Fsp3) is 0.231. The van der Waals surface area contributed by atoms with Crippen molar-refractivity contribution in [2.75, 3.05) is 11.9 Å². The number of rotatable bonds is 5. The lowest BCUT2D eigenvalue weighted by atomic mass is 10.4. The maximum absolute atomic E-state index is 4.48. The topological polar surface area (TPSA) is 68.5 Å². The minimum atomic E-state index is 0.520. The van der Waals surface area contributed by atoms with E-state index in [4.69, 9.17) is 0 Å². The van der Waals surface area contributed by atoms with Crippen LogP contribution in [0.15, 0.2) is 36.0 Å². The second-order valence-electron chi connectivity index (χ2n) is 4.14. The van der Waals surface area contributed by atoms with Crippen molar-refractivity contribution in [2.24, 2.45) is 0 Å². The first-order chi connectivity index (χ1) is 9.86. The molecule has 0 aliphatic carbocycles. The lowest BCUT2D eigenvalue weighted by Crippen LogP contribution is -2.10. The van der Waals surface area contributed by atoms with E-state index in [-0.39, 0.29) is 0 Å². The van der Waals surface area contributed by atoms with Crippen molar-refractivity contribution in [3.63, 3.8) is 0 Å². The van der Waals surface area contributed by atoms with Gasteiger partial charge in [-0.2, -0.15) is 20.1 Å². The molecule has 0 aliphatic heterocycles. The van der Waals surface area contributed by atoms with Gasteiger partial charge >= 0.3 is 0 Å². The second kappa shape index (κ2) is 5.79. The Hall–Kier alpha value is -2.28. The fourth-order valence-corrected chi connectivity index (χ4v) is 2.34. The highest BCUT2D eigenvalue weighted by molar-refractivity contribution is 7.13. The van der Waals surface area contributed by atoms with Gasteiger partial charge in [0.1, 0.15) is 0 Å². The largest absolute Gasteiger partial charge is 0.354 e. The van der Waals surface area contributed by atoms with Crippen LogP contribution in [0.2, 0.25) is 0 Å². The van der Waals surface area contributed by atoms with E-state index in [0.717, 1.165) is 17.8 Å². The Balaban J connectivity index is 2.03. The Labute approximate surface area is 120 Å². The third-order valence-electron chi connectivity index (χ3n) is 2.61. The standard InChI is InChI=1S/C13H14N6S/c1-2-6-14-12-16-11(10-5-3-9-20-10)17-13(18-12)19-8-4-7-15-19/h3-5,7-9H,2,6H2,1H3,(H,14,16,17,18). The zero-order valence-corrected chi connectivity index (χ0v) is 11.8. The molecule has 1 N–H and O–H groups in total. The predicted molar refractivity (Wildman–Crippen MR) is 79.0 cm³/mol. The number of anilines is 1. The summed E-state index contributed by atoms with van der Waals surface area (Å²) in [6.45, 7) is 2.93. The van der Waals surface area contributed by atoms with Gasteiger partial charge in [0.15, 0.2) is 5.82 Å². The fourth-order valence-electron chi connectivity index (χ4n) is 1.69. The van der Waals surface area contributed by atoms with Crippen molar-refractivity contribution in [2.45, 2.75) is 13.3 Å². The number of hydrogen-bond acceptors (Lipinski definition) is 6. The van der Waals surface area contributed by atoms with Crippen molar-refractivity contribution < 1.29 is 0 Å². The van der Waals surface area contributed by atoms with E-state index >= 15 is 0 Å². The van der Waals surface area contributed by atoms with E-state index in [9.17, 15) is 0 Å². The zero-order chi connectivity index (χ0) is 13.8. The lowest BCUT2D eigenvalue weighted by Gasteiger charge is -2.07. The number of thiophene rings is 1. The number of nitrogens with zero attached hydrogens (tertiary/aromatic N) is 5. The van der Waals surface area contributed by atoms with Gasteiger partial charge in [0.05, 0.1) is 4.88 Å². The number of hydrogen-bond donors (Lipinski definition) is 1. The van der Waals surface area contributed by atoms with Gasteiger partial charge in [-0.25, -0.2) is 4.68 Å². The van der Waals surface area contributed by atoms with Gasteiger partial charge < -0.3 is 5.32 Å². The molecule has 0 spiro atoms. The van der Waals surface area contributed by atoms with Crippen LogP contribution in [0.25, 0.3) is 16.6 Å². The zero-order valence-electron chi connectivity index (χ0n) is 11.0. The summed E-state index contributed by atoms with van der Waals surface area (Å²) >= 11 is 1.60. The van der Waals surface area contributed by atoms with E-state index in [0.29, 0.717) is 17.7 Å². The normalized spacial score (nSPS) is 10.7. The van der Waals surface area contributed by atoms with Crippen LogP contribution in [-0.2, 0) is 0 Å². The summed E-state index contributed by atoms with van der Waals surface area (Å²) in [7, 11) is 0. The second-order valence-corrected chi connectivity index (χ2v) is 5.09. The van der Waals surface area contributed by atoms with Crippen molar-refractivity contribution >= 4 is 17.3 Å². The van der Waals surface area contributed by atoms with Crippen LogP contribution in [0, 0.1) is 0 Å². The molecule has 7 heteroatoms. The van der Waals surface area contributed by atoms with Gasteiger partial charge in [-0.1, -0.05) is 13.0 Å². The highest BCUT2D eigenvalue weighted by Crippen LogP contribution is 2.22. The summed E-state index contributed by atoms with van der Waals surface area (Å²) in [4.78, 5) is 14.3. The predicted octanol–water partition coefficient (Wildman–Crippen LogP) is 2.61. The molecule has 0 aliphatic rings. The van der Waals surface area contributed by atoms with Gasteiger partial charge in [0, 0.05) is 18.9 Å². The van der Waals surface area contributed by atoms with E-state index in [2.05, 4.69) is 32.3 Å². The van der Waals surface area contributed by atoms with Crippen LogP contribution < -0.4 is 5.32 Å². The van der Waals surface area contributed by atoms with Crippen molar-refractivity contribution in [3.05, 3.63) is 36.0 Å². The molecule has 0 amide bonds. The van der Waals surface area contributed by atoms with Crippen LogP contribution >= 0.6 is 11.3 Å². The average molecular weight is 286 g/mol. The van der Waals surface area contributed by atoms with Crippen molar-refractivity contribution in [1.29, 1.82) is 0 Å². The summed E-state index contributed by atoms with van der Waals surface area (Å²) in [5.74, 6) is 1.77. The number of aromatic nitrogens is 5. The molecule has 6 nitrogen and oxygen atoms in total. The summed E-state index contributed by atoms with van der Waals surface area (Å²) < 4.78 is 1.63. The summed E-state index contributed by atoms with van der Waals surface area (Å²) in [6.07, 6.45) is 4.53. The summed E-state index contributed by atoms with van der Waals surface area (Å²) in [5.41, 5.74) is 0. The van der Waals surface area contributed by atoms with Crippen LogP contribution in [0.1, 0.15) is 13.3 Å². The molecule has 102 valence electrons. The molecule has 0 radical (unpaired) electrons. The molecule has 3 heterocycles. The lowest BCUT2D eigenvalue weighted by molar-refractivity contribution is 0.796. The van der Waals surface area contributed by atoms with Crippen LogP contribution in [0.5, 0.6) is 0 Å². The van der Waals surface area contributed by atoms with Crippen LogP contribution in [-0.4, -0.2) is 31.3 Å². The average Bonchev–Trinajstić information content (AvgIpc) is 3.17. The first-order valence-corrected chi connectivity index (χ1v) is 7.28. The molecular formula is C13H14N6S. The molecule has 0 saturated heterocycles. The van der Waals surface area contributed by atoms with Gasteiger partial charge in [-0.05, 0) is 23.9 Å². The molecular weight excluding hydrogens is 272 g/mol. The van der Waals surface area contributed by atoms with E-state index in [1.165, 1.54) is 0 Å². The molecule has 20 heavy (non-hydrogen) atoms. The Morgan fingerprint density at radius 1 is 1.25 bits per heavy atom. The molecule has 0 fully saturated rings. The number of nitrogens with one attached hydrogen (secondary N) is 1. The summed E-state index contributed by atoms with van der Waals surface area (Å²) in [6, 6.07) is 5.82.